The van der Waals surface area contributed by atoms with Gasteiger partial charge in [0.15, 0.2) is 33.3 Å². The first-order valence-electron chi connectivity index (χ1n) is 36.1. The molecule has 6 N–H and O–H groups in total. The van der Waals surface area contributed by atoms with Crippen LogP contribution in [0, 0.1) is 22.9 Å². The number of halogens is 6. The van der Waals surface area contributed by atoms with E-state index < -0.39 is 76.8 Å². The van der Waals surface area contributed by atoms with Gasteiger partial charge in [0.2, 0.25) is 0 Å². The zero-order chi connectivity index (χ0) is 80.7. The quantitative estimate of drug-likeness (QED) is 0.0217. The SMILES string of the molecule is CCOC(=O)C1=C(CN2CCOCC2CC(C)(C)C(=O)O)NC(c2nccn2C)=N[C@H]1c1ccc(F)cc1Cl.CCOC(=O)C1=C(CN2CCO[C@@H](C)[C@@H]2CCC(=O)O)NC(c2nccs2)=N[C@H]1c1ccc(F)cc1Cl.COC(=O)C1=C(CN2CCO[C@@H](C)[C@@H]2CCC(=O)O)NC(c2nccs2)=N[C@H]1c1ccc(F)cc1Cl. The topological polar surface area (TPSA) is 345 Å². The Morgan fingerprint density at radius 2 is 1.00 bits per heavy atom. The van der Waals surface area contributed by atoms with Crippen molar-refractivity contribution >= 4 is 111 Å². The van der Waals surface area contributed by atoms with Gasteiger partial charge in [0.1, 0.15) is 35.6 Å². The minimum Gasteiger partial charge on any atom is -0.481 e. The Balaban J connectivity index is 0.000000178. The molecule has 8 atom stereocenters. The molecule has 28 nitrogen and oxygen atoms in total. The average Bonchev–Trinajstić information content (AvgIpc) is 1.10. The monoisotopic (exact) mass is 1650 g/mol. The number of aromatic nitrogens is 4. The Morgan fingerprint density at radius 1 is 0.589 bits per heavy atom. The molecule has 0 radical (unpaired) electrons. The van der Waals surface area contributed by atoms with Crippen LogP contribution in [0.2, 0.25) is 15.1 Å². The van der Waals surface area contributed by atoms with E-state index in [0.29, 0.717) is 132 Å². The molecule has 6 aliphatic heterocycles. The molecule has 12 rings (SSSR count). The first-order chi connectivity index (χ1) is 53.6. The number of carbonyl (C=O) groups excluding carboxylic acids is 3. The van der Waals surface area contributed by atoms with Crippen molar-refractivity contribution in [3.05, 3.63) is 189 Å². The maximum Gasteiger partial charge on any atom is 0.338 e. The fourth-order valence-corrected chi connectivity index (χ4v) is 15.8. The molecule has 0 amide bonds. The number of aliphatic carboxylic acids is 3. The van der Waals surface area contributed by atoms with Gasteiger partial charge < -0.3 is 64.3 Å². The van der Waals surface area contributed by atoms with Crippen LogP contribution in [0.4, 0.5) is 13.2 Å². The fraction of sp³-hybridized carbons (Fsp3) is 0.447. The number of aryl methyl sites for hydroxylation is 1. The molecular formula is C76H87Cl3F3N13O15S2. The van der Waals surface area contributed by atoms with Crippen molar-refractivity contribution in [2.75, 3.05) is 86.0 Å². The molecule has 112 heavy (non-hydrogen) atoms. The number of thiazole rings is 2. The van der Waals surface area contributed by atoms with Crippen LogP contribution in [0.3, 0.4) is 0 Å². The number of morpholine rings is 3. The lowest BCUT2D eigenvalue weighted by Gasteiger charge is -2.41. The molecule has 1 unspecified atom stereocenters. The van der Waals surface area contributed by atoms with E-state index in [2.05, 4.69) is 45.6 Å². The molecule has 0 saturated carbocycles. The third kappa shape index (κ3) is 21.3. The van der Waals surface area contributed by atoms with Crippen molar-refractivity contribution in [2.45, 2.75) is 122 Å². The second-order valence-electron chi connectivity index (χ2n) is 27.3. The van der Waals surface area contributed by atoms with Gasteiger partial charge in [0, 0.05) is 162 Å². The number of nitrogens with one attached hydrogen (secondary N) is 3. The summed E-state index contributed by atoms with van der Waals surface area (Å²) in [6.45, 7) is 15.1. The van der Waals surface area contributed by atoms with E-state index in [-0.39, 0.29) is 108 Å². The van der Waals surface area contributed by atoms with Crippen LogP contribution in [0.1, 0.15) is 124 Å². The molecule has 6 aromatic rings. The van der Waals surface area contributed by atoms with Gasteiger partial charge in [-0.25, -0.2) is 42.5 Å². The van der Waals surface area contributed by atoms with E-state index in [4.69, 9.17) is 78.2 Å². The van der Waals surface area contributed by atoms with Crippen LogP contribution in [-0.4, -0.2) is 219 Å². The summed E-state index contributed by atoms with van der Waals surface area (Å²) in [6.07, 6.45) is 7.42. The van der Waals surface area contributed by atoms with Crippen molar-refractivity contribution in [2.24, 2.45) is 27.4 Å². The summed E-state index contributed by atoms with van der Waals surface area (Å²) in [5, 5.41) is 43.3. The number of carbonyl (C=O) groups is 6. The number of hydrogen-bond acceptors (Lipinski definition) is 26. The van der Waals surface area contributed by atoms with E-state index >= 15 is 0 Å². The van der Waals surface area contributed by atoms with Crippen molar-refractivity contribution < 1.29 is 85.7 Å². The van der Waals surface area contributed by atoms with Gasteiger partial charge in [0.05, 0.1) is 81.1 Å². The number of methoxy groups -OCH3 is 1. The third-order valence-electron chi connectivity index (χ3n) is 19.5. The minimum absolute atomic E-state index is 0.00822. The van der Waals surface area contributed by atoms with Gasteiger partial charge in [0.25, 0.3) is 0 Å². The largest absolute Gasteiger partial charge is 0.481 e. The normalized spacial score (nSPS) is 21.8. The van der Waals surface area contributed by atoms with Gasteiger partial charge in [-0.15, -0.1) is 22.7 Å². The first kappa shape index (κ1) is 85.4. The van der Waals surface area contributed by atoms with Crippen molar-refractivity contribution in [1.29, 1.82) is 0 Å². The third-order valence-corrected chi connectivity index (χ3v) is 22.0. The van der Waals surface area contributed by atoms with E-state index in [1.165, 1.54) is 84.4 Å². The molecule has 0 bridgehead atoms. The molecular weight excluding hydrogens is 1560 g/mol. The number of imidazole rings is 1. The molecule has 6 aliphatic rings. The Labute approximate surface area is 667 Å². The van der Waals surface area contributed by atoms with E-state index in [1.807, 2.05) is 31.7 Å². The van der Waals surface area contributed by atoms with Crippen molar-refractivity contribution in [3.63, 3.8) is 0 Å². The number of hydrogen-bond donors (Lipinski definition) is 6. The molecule has 0 aliphatic carbocycles. The summed E-state index contributed by atoms with van der Waals surface area (Å²) in [5.74, 6) is -4.10. The summed E-state index contributed by atoms with van der Waals surface area (Å²) in [7, 11) is 3.10. The van der Waals surface area contributed by atoms with Crippen LogP contribution in [0.25, 0.3) is 0 Å². The number of nitrogens with zero attached hydrogens (tertiary/aromatic N) is 10. The molecule has 3 saturated heterocycles. The lowest BCUT2D eigenvalue weighted by atomic mass is 9.85. The number of rotatable bonds is 26. The zero-order valence-electron chi connectivity index (χ0n) is 62.6. The first-order valence-corrected chi connectivity index (χ1v) is 39.0. The highest BCUT2D eigenvalue weighted by molar-refractivity contribution is 7.12. The summed E-state index contributed by atoms with van der Waals surface area (Å²) in [4.78, 5) is 108. The van der Waals surface area contributed by atoms with Crippen molar-refractivity contribution in [1.82, 2.24) is 50.2 Å². The van der Waals surface area contributed by atoms with E-state index in [9.17, 15) is 57.3 Å². The summed E-state index contributed by atoms with van der Waals surface area (Å²) >= 11 is 22.1. The van der Waals surface area contributed by atoms with Gasteiger partial charge in [-0.3, -0.25) is 44.1 Å². The maximum absolute atomic E-state index is 14.0. The molecule has 36 heteroatoms. The lowest BCUT2D eigenvalue weighted by Crippen LogP contribution is -2.52. The number of carboxylic acid groups (broad SMARTS) is 3. The highest BCUT2D eigenvalue weighted by Gasteiger charge is 2.43. The van der Waals surface area contributed by atoms with Crippen LogP contribution in [-0.2, 0) is 64.2 Å². The molecule has 0 spiro atoms. The molecule has 600 valence electrons. The predicted octanol–water partition coefficient (Wildman–Crippen LogP) is 10.5. The van der Waals surface area contributed by atoms with Crippen LogP contribution in [0.5, 0.6) is 0 Å². The summed E-state index contributed by atoms with van der Waals surface area (Å²) in [6, 6.07) is 8.69. The Bertz CT molecular complexity index is 4600. The van der Waals surface area contributed by atoms with Crippen LogP contribution in [0.15, 0.2) is 139 Å². The average molecular weight is 1650 g/mol. The molecule has 3 fully saturated rings. The molecule has 3 aromatic carbocycles. The predicted molar refractivity (Wildman–Crippen MR) is 413 cm³/mol. The Hall–Kier alpha value is -9.00. The second-order valence-corrected chi connectivity index (χ2v) is 30.4. The number of amidine groups is 3. The van der Waals surface area contributed by atoms with Crippen molar-refractivity contribution in [3.8, 4) is 0 Å². The highest BCUT2D eigenvalue weighted by Crippen LogP contribution is 2.42. The lowest BCUT2D eigenvalue weighted by molar-refractivity contribution is -0.149. The number of benzene rings is 3. The molecule has 3 aromatic heterocycles. The fourth-order valence-electron chi connectivity index (χ4n) is 13.9. The number of carboxylic acids is 3. The Morgan fingerprint density at radius 3 is 1.38 bits per heavy atom. The number of esters is 3. The second kappa shape index (κ2) is 39.2. The van der Waals surface area contributed by atoms with Gasteiger partial charge >= 0.3 is 35.8 Å². The minimum atomic E-state index is -0.980. The van der Waals surface area contributed by atoms with Crippen LogP contribution < -0.4 is 16.0 Å². The maximum atomic E-state index is 14.0. The van der Waals surface area contributed by atoms with Gasteiger partial charge in [-0.1, -0.05) is 53.0 Å². The van der Waals surface area contributed by atoms with Gasteiger partial charge in [-0.2, -0.15) is 0 Å². The smallest absolute Gasteiger partial charge is 0.338 e. The van der Waals surface area contributed by atoms with Crippen LogP contribution >= 0.6 is 57.5 Å². The zero-order valence-corrected chi connectivity index (χ0v) is 66.5. The summed E-state index contributed by atoms with van der Waals surface area (Å²) < 4.78 is 76.7. The van der Waals surface area contributed by atoms with Gasteiger partial charge in [-0.05, 0) is 97.2 Å². The van der Waals surface area contributed by atoms with E-state index in [0.717, 1.165) is 0 Å². The highest BCUT2D eigenvalue weighted by atomic mass is 35.5. The standard InChI is InChI=1S/C27H33ClFN5O5.C25H28ClFN4O5S.C24H26ClFN4O5S/c1-5-39-25(35)21-20(14-34-10-11-38-15-17(34)13-27(2,3)26(36)37)31-23(24-30-8-9-33(24)4)32-22(21)18-7-6-16(29)12-19(18)28;1-3-35-25(34)21-18(13-31-9-10-36-14(2)19(31)6-7-20(32)33)29-23(24-28-8-11-37-24)30-22(21)16-5-4-15(27)12-17(16)26;1-13-18(5-6-19(31)32)30(8-9-35-13)12-17-20(24(33)34-2)21(15-4-3-14(26)11-16(15)25)29-22(28-17)23-27-7-10-36-23/h6-9,12,17,22H,5,10-11,13-15H2,1-4H3,(H,31,32)(H,36,37);4-5,8,11-12,14,19,22H,3,6-7,9-10,13H2,1-2H3,(H,29,30)(H,32,33);3-4,7,10-11,13,18,21H,5-6,8-9,12H2,1-2H3,(H,28,29)(H,31,32)/t17?,22-;14-,19-,22-;13-,18-,21-/m000/s1. The van der Waals surface area contributed by atoms with E-state index in [1.54, 1.807) is 57.0 Å². The molecule has 9 heterocycles. The number of aliphatic imine (C=N–C) groups is 3. The number of ether oxygens (including phenoxy) is 6. The summed E-state index contributed by atoms with van der Waals surface area (Å²) in [5.41, 5.74) is 2.69. The Kier molecular flexibility index (Phi) is 29.9.